The maximum absolute atomic E-state index is 10.8. The van der Waals surface area contributed by atoms with Crippen LogP contribution in [-0.2, 0) is 0 Å². The standard InChI is InChI=1S/C12H11ClN2O2/c1-7-5-8(2)15(14-7)11-4-3-9(12(16)17)6-10(11)13/h3-6H,1-2H3,(H,16,17). The van der Waals surface area contributed by atoms with E-state index in [2.05, 4.69) is 5.10 Å². The van der Waals surface area contributed by atoms with Gasteiger partial charge in [-0.3, -0.25) is 0 Å². The van der Waals surface area contributed by atoms with Crippen molar-refractivity contribution >= 4 is 17.6 Å². The lowest BCUT2D eigenvalue weighted by Gasteiger charge is -2.07. The number of carboxylic acids is 1. The molecular weight excluding hydrogens is 240 g/mol. The summed E-state index contributed by atoms with van der Waals surface area (Å²) in [4.78, 5) is 10.8. The van der Waals surface area contributed by atoms with Crippen LogP contribution < -0.4 is 0 Å². The molecule has 1 aromatic carbocycles. The molecule has 0 aliphatic carbocycles. The molecular formula is C12H11ClN2O2. The van der Waals surface area contributed by atoms with Crippen LogP contribution in [0.2, 0.25) is 5.02 Å². The van der Waals surface area contributed by atoms with Crippen LogP contribution in [0.4, 0.5) is 0 Å². The normalized spacial score (nSPS) is 10.5. The van der Waals surface area contributed by atoms with Crippen molar-refractivity contribution in [1.29, 1.82) is 0 Å². The highest BCUT2D eigenvalue weighted by molar-refractivity contribution is 6.32. The molecule has 0 spiro atoms. The number of hydrogen-bond acceptors (Lipinski definition) is 2. The van der Waals surface area contributed by atoms with Gasteiger partial charge in [0.05, 0.1) is 22.0 Å². The number of aryl methyl sites for hydroxylation is 2. The number of nitrogens with zero attached hydrogens (tertiary/aromatic N) is 2. The third-order valence-electron chi connectivity index (χ3n) is 2.43. The molecule has 5 heteroatoms. The van der Waals surface area contributed by atoms with Crippen molar-refractivity contribution in [3.8, 4) is 5.69 Å². The zero-order valence-corrected chi connectivity index (χ0v) is 10.2. The molecule has 0 atom stereocenters. The van der Waals surface area contributed by atoms with Crippen LogP contribution in [0.3, 0.4) is 0 Å². The first-order valence-electron chi connectivity index (χ1n) is 5.05. The van der Waals surface area contributed by atoms with E-state index in [4.69, 9.17) is 16.7 Å². The van der Waals surface area contributed by atoms with E-state index >= 15 is 0 Å². The van der Waals surface area contributed by atoms with E-state index in [0.29, 0.717) is 10.7 Å². The van der Waals surface area contributed by atoms with Crippen molar-refractivity contribution in [1.82, 2.24) is 9.78 Å². The summed E-state index contributed by atoms with van der Waals surface area (Å²) in [5, 5.41) is 13.5. The molecule has 0 saturated heterocycles. The Hall–Kier alpha value is -1.81. The summed E-state index contributed by atoms with van der Waals surface area (Å²) in [5.74, 6) is -0.994. The summed E-state index contributed by atoms with van der Waals surface area (Å²) in [5.41, 5.74) is 2.69. The van der Waals surface area contributed by atoms with E-state index in [1.165, 1.54) is 12.1 Å². The second-order valence-corrected chi connectivity index (χ2v) is 4.22. The fourth-order valence-corrected chi connectivity index (χ4v) is 1.95. The topological polar surface area (TPSA) is 55.1 Å². The smallest absolute Gasteiger partial charge is 0.335 e. The number of benzene rings is 1. The van der Waals surface area contributed by atoms with Gasteiger partial charge >= 0.3 is 5.97 Å². The van der Waals surface area contributed by atoms with E-state index in [1.807, 2.05) is 19.9 Å². The molecule has 1 N–H and O–H groups in total. The predicted octanol–water partition coefficient (Wildman–Crippen LogP) is 2.84. The van der Waals surface area contributed by atoms with Crippen molar-refractivity contribution < 1.29 is 9.90 Å². The van der Waals surface area contributed by atoms with Crippen molar-refractivity contribution in [3.05, 3.63) is 46.2 Å². The second kappa shape index (κ2) is 4.22. The summed E-state index contributed by atoms with van der Waals surface area (Å²) in [7, 11) is 0. The molecule has 2 aromatic rings. The SMILES string of the molecule is Cc1cc(C)n(-c2ccc(C(=O)O)cc2Cl)n1. The summed E-state index contributed by atoms with van der Waals surface area (Å²) in [6, 6.07) is 6.53. The maximum atomic E-state index is 10.8. The number of halogens is 1. The predicted molar refractivity (Wildman–Crippen MR) is 65.0 cm³/mol. The minimum Gasteiger partial charge on any atom is -0.478 e. The van der Waals surface area contributed by atoms with Gasteiger partial charge in [0.25, 0.3) is 0 Å². The van der Waals surface area contributed by atoms with Crippen LogP contribution in [0.25, 0.3) is 5.69 Å². The third kappa shape index (κ3) is 2.17. The number of carboxylic acid groups (broad SMARTS) is 1. The Balaban J connectivity index is 2.54. The lowest BCUT2D eigenvalue weighted by molar-refractivity contribution is 0.0697. The van der Waals surface area contributed by atoms with Crippen LogP contribution in [-0.4, -0.2) is 20.9 Å². The van der Waals surface area contributed by atoms with Gasteiger partial charge in [0, 0.05) is 5.69 Å². The molecule has 88 valence electrons. The van der Waals surface area contributed by atoms with Gasteiger partial charge in [0.1, 0.15) is 0 Å². The minimum absolute atomic E-state index is 0.167. The molecule has 0 fully saturated rings. The second-order valence-electron chi connectivity index (χ2n) is 3.81. The summed E-state index contributed by atoms with van der Waals surface area (Å²) >= 11 is 6.07. The first kappa shape index (κ1) is 11.7. The lowest BCUT2D eigenvalue weighted by Crippen LogP contribution is -2.02. The molecule has 2 rings (SSSR count). The molecule has 0 saturated carbocycles. The number of aromatic nitrogens is 2. The highest BCUT2D eigenvalue weighted by Gasteiger charge is 2.10. The Kier molecular flexibility index (Phi) is 2.90. The quantitative estimate of drug-likeness (QED) is 0.892. The molecule has 4 nitrogen and oxygen atoms in total. The molecule has 1 heterocycles. The first-order chi connectivity index (χ1) is 7.99. The Morgan fingerprint density at radius 2 is 2.06 bits per heavy atom. The fourth-order valence-electron chi connectivity index (χ4n) is 1.68. The zero-order chi connectivity index (χ0) is 12.6. The van der Waals surface area contributed by atoms with Crippen LogP contribution in [0.1, 0.15) is 21.7 Å². The van der Waals surface area contributed by atoms with Gasteiger partial charge in [0.15, 0.2) is 0 Å². The summed E-state index contributed by atoms with van der Waals surface area (Å²) in [6.07, 6.45) is 0. The van der Waals surface area contributed by atoms with Crippen molar-refractivity contribution in [3.63, 3.8) is 0 Å². The molecule has 0 aliphatic rings. The van der Waals surface area contributed by atoms with Crippen LogP contribution in [0.5, 0.6) is 0 Å². The Morgan fingerprint density at radius 1 is 1.35 bits per heavy atom. The molecule has 1 aromatic heterocycles. The summed E-state index contributed by atoms with van der Waals surface area (Å²) < 4.78 is 1.70. The van der Waals surface area contributed by atoms with Gasteiger partial charge in [0.2, 0.25) is 0 Å². The van der Waals surface area contributed by atoms with E-state index in [9.17, 15) is 4.79 Å². The van der Waals surface area contributed by atoms with Gasteiger partial charge in [-0.05, 0) is 38.1 Å². The van der Waals surface area contributed by atoms with Gasteiger partial charge < -0.3 is 5.11 Å². The molecule has 17 heavy (non-hydrogen) atoms. The Morgan fingerprint density at radius 3 is 2.53 bits per heavy atom. The number of carbonyl (C=O) groups is 1. The van der Waals surface area contributed by atoms with Crippen molar-refractivity contribution in [2.45, 2.75) is 13.8 Å². The number of hydrogen-bond donors (Lipinski definition) is 1. The molecule has 0 unspecified atom stereocenters. The maximum Gasteiger partial charge on any atom is 0.335 e. The monoisotopic (exact) mass is 250 g/mol. The van der Waals surface area contributed by atoms with Gasteiger partial charge in [-0.1, -0.05) is 11.6 Å². The number of aromatic carboxylic acids is 1. The third-order valence-corrected chi connectivity index (χ3v) is 2.74. The largest absolute Gasteiger partial charge is 0.478 e. The first-order valence-corrected chi connectivity index (χ1v) is 5.43. The van der Waals surface area contributed by atoms with E-state index in [1.54, 1.807) is 10.7 Å². The fraction of sp³-hybridized carbons (Fsp3) is 0.167. The summed E-state index contributed by atoms with van der Waals surface area (Å²) in [6.45, 7) is 3.81. The van der Waals surface area contributed by atoms with Crippen LogP contribution in [0.15, 0.2) is 24.3 Å². The average molecular weight is 251 g/mol. The number of rotatable bonds is 2. The highest BCUT2D eigenvalue weighted by atomic mass is 35.5. The van der Waals surface area contributed by atoms with Gasteiger partial charge in [-0.25, -0.2) is 9.48 Å². The highest BCUT2D eigenvalue weighted by Crippen LogP contribution is 2.23. The van der Waals surface area contributed by atoms with Crippen LogP contribution >= 0.6 is 11.6 Å². The van der Waals surface area contributed by atoms with Gasteiger partial charge in [-0.2, -0.15) is 5.10 Å². The average Bonchev–Trinajstić information content (AvgIpc) is 2.57. The molecule has 0 bridgehead atoms. The van der Waals surface area contributed by atoms with Crippen LogP contribution in [0, 0.1) is 13.8 Å². The lowest BCUT2D eigenvalue weighted by atomic mass is 10.2. The van der Waals surface area contributed by atoms with E-state index in [-0.39, 0.29) is 5.56 Å². The van der Waals surface area contributed by atoms with Crippen molar-refractivity contribution in [2.24, 2.45) is 0 Å². The van der Waals surface area contributed by atoms with Gasteiger partial charge in [-0.15, -0.1) is 0 Å². The van der Waals surface area contributed by atoms with Crippen molar-refractivity contribution in [2.75, 3.05) is 0 Å². The Bertz CT molecular complexity index is 590. The molecule has 0 aliphatic heterocycles. The minimum atomic E-state index is -0.994. The Labute approximate surface area is 103 Å². The van der Waals surface area contributed by atoms with E-state index < -0.39 is 5.97 Å². The zero-order valence-electron chi connectivity index (χ0n) is 9.44. The molecule has 0 radical (unpaired) electrons. The molecule has 0 amide bonds. The van der Waals surface area contributed by atoms with E-state index in [0.717, 1.165) is 11.4 Å².